The molecular weight excluding hydrogens is 258 g/mol. The van der Waals surface area contributed by atoms with Crippen LogP contribution in [-0.4, -0.2) is 41.6 Å². The molecule has 2 rings (SSSR count). The first-order valence-electron chi connectivity index (χ1n) is 6.68. The summed E-state index contributed by atoms with van der Waals surface area (Å²) in [6, 6.07) is 7.07. The number of ether oxygens (including phenoxy) is 1. The van der Waals surface area contributed by atoms with Crippen molar-refractivity contribution in [2.75, 3.05) is 13.7 Å². The van der Waals surface area contributed by atoms with E-state index in [1.807, 2.05) is 24.3 Å². The molecule has 0 aliphatic carbocycles. The number of likely N-dealkylation sites (N-methyl/N-ethyl adjacent to an activating group) is 1. The molecule has 0 bridgehead atoms. The molecule has 1 aliphatic heterocycles. The van der Waals surface area contributed by atoms with Crippen LogP contribution in [0.2, 0.25) is 0 Å². The van der Waals surface area contributed by atoms with Crippen LogP contribution in [0.1, 0.15) is 30.6 Å². The van der Waals surface area contributed by atoms with Crippen LogP contribution in [-0.2, 0) is 20.7 Å². The third-order valence-electron chi connectivity index (χ3n) is 3.78. The van der Waals surface area contributed by atoms with Crippen molar-refractivity contribution in [3.63, 3.8) is 0 Å². The lowest BCUT2D eigenvalue weighted by molar-refractivity contribution is -0.149. The van der Waals surface area contributed by atoms with Gasteiger partial charge in [-0.15, -0.1) is 0 Å². The van der Waals surface area contributed by atoms with Gasteiger partial charge in [0.15, 0.2) is 0 Å². The molecule has 0 saturated carbocycles. The summed E-state index contributed by atoms with van der Waals surface area (Å²) in [5.74, 6) is -1.23. The largest absolute Gasteiger partial charge is 0.480 e. The van der Waals surface area contributed by atoms with Crippen LogP contribution in [0.15, 0.2) is 24.3 Å². The quantitative estimate of drug-likeness (QED) is 0.908. The van der Waals surface area contributed by atoms with E-state index in [4.69, 9.17) is 9.84 Å². The summed E-state index contributed by atoms with van der Waals surface area (Å²) in [5.41, 5.74) is 2.23. The summed E-state index contributed by atoms with van der Waals surface area (Å²) >= 11 is 0. The number of carboxylic acids is 1. The van der Waals surface area contributed by atoms with Crippen molar-refractivity contribution in [2.24, 2.45) is 0 Å². The SMILES string of the molecule is CC(C(=O)O)N(C)C(=O)CC1OCCc2ccccc21. The van der Waals surface area contributed by atoms with Gasteiger partial charge in [0.05, 0.1) is 19.1 Å². The number of rotatable bonds is 4. The van der Waals surface area contributed by atoms with Crippen molar-refractivity contribution in [2.45, 2.75) is 31.9 Å². The Balaban J connectivity index is 2.08. The molecule has 1 N–H and O–H groups in total. The third kappa shape index (κ3) is 2.99. The Morgan fingerprint density at radius 3 is 2.85 bits per heavy atom. The highest BCUT2D eigenvalue weighted by Crippen LogP contribution is 2.29. The van der Waals surface area contributed by atoms with Crippen LogP contribution in [0.5, 0.6) is 0 Å². The molecule has 1 amide bonds. The number of nitrogens with zero attached hydrogens (tertiary/aromatic N) is 1. The molecular formula is C15H19NO4. The Morgan fingerprint density at radius 1 is 1.45 bits per heavy atom. The minimum Gasteiger partial charge on any atom is -0.480 e. The molecule has 1 aliphatic rings. The normalized spacial score (nSPS) is 19.0. The molecule has 0 aromatic heterocycles. The summed E-state index contributed by atoms with van der Waals surface area (Å²) in [7, 11) is 1.51. The lowest BCUT2D eigenvalue weighted by Gasteiger charge is -2.28. The number of carbonyl (C=O) groups excluding carboxylic acids is 1. The maximum absolute atomic E-state index is 12.1. The smallest absolute Gasteiger partial charge is 0.326 e. The molecule has 2 unspecified atom stereocenters. The van der Waals surface area contributed by atoms with Gasteiger partial charge >= 0.3 is 5.97 Å². The molecule has 1 heterocycles. The maximum Gasteiger partial charge on any atom is 0.326 e. The summed E-state index contributed by atoms with van der Waals surface area (Å²) in [6.07, 6.45) is 0.740. The van der Waals surface area contributed by atoms with E-state index in [0.717, 1.165) is 12.0 Å². The molecule has 2 atom stereocenters. The number of fused-ring (bicyclic) bond motifs is 1. The molecule has 5 heteroatoms. The first-order chi connectivity index (χ1) is 9.50. The number of benzene rings is 1. The lowest BCUT2D eigenvalue weighted by Crippen LogP contribution is -2.41. The summed E-state index contributed by atoms with van der Waals surface area (Å²) < 4.78 is 5.67. The van der Waals surface area contributed by atoms with Crippen LogP contribution < -0.4 is 0 Å². The number of hydrogen-bond donors (Lipinski definition) is 1. The van der Waals surface area contributed by atoms with Gasteiger partial charge in [0.25, 0.3) is 0 Å². The zero-order valence-corrected chi connectivity index (χ0v) is 11.7. The highest BCUT2D eigenvalue weighted by atomic mass is 16.5. The van der Waals surface area contributed by atoms with Crippen LogP contribution >= 0.6 is 0 Å². The fourth-order valence-electron chi connectivity index (χ4n) is 2.33. The second-order valence-corrected chi connectivity index (χ2v) is 5.03. The average Bonchev–Trinajstić information content (AvgIpc) is 2.46. The average molecular weight is 277 g/mol. The van der Waals surface area contributed by atoms with E-state index in [1.165, 1.54) is 24.4 Å². The van der Waals surface area contributed by atoms with E-state index in [1.54, 1.807) is 0 Å². The number of carbonyl (C=O) groups is 2. The predicted octanol–water partition coefficient (Wildman–Crippen LogP) is 1.62. The van der Waals surface area contributed by atoms with Crippen molar-refractivity contribution in [3.8, 4) is 0 Å². The van der Waals surface area contributed by atoms with Crippen molar-refractivity contribution in [1.29, 1.82) is 0 Å². The highest BCUT2D eigenvalue weighted by Gasteiger charge is 2.27. The van der Waals surface area contributed by atoms with Gasteiger partial charge in [-0.3, -0.25) is 4.79 Å². The van der Waals surface area contributed by atoms with Gasteiger partial charge in [0.1, 0.15) is 6.04 Å². The minimum atomic E-state index is -1.01. The topological polar surface area (TPSA) is 66.8 Å². The number of aliphatic carboxylic acids is 1. The molecule has 0 spiro atoms. The standard InChI is InChI=1S/C15H19NO4/c1-10(15(18)19)16(2)14(17)9-13-12-6-4-3-5-11(12)7-8-20-13/h3-6,10,13H,7-9H2,1-2H3,(H,18,19). The maximum atomic E-state index is 12.1. The zero-order chi connectivity index (χ0) is 14.7. The fraction of sp³-hybridized carbons (Fsp3) is 0.467. The summed E-state index contributed by atoms with van der Waals surface area (Å²) in [4.78, 5) is 24.3. The Labute approximate surface area is 118 Å². The molecule has 108 valence electrons. The van der Waals surface area contributed by atoms with Gasteiger partial charge in [-0.2, -0.15) is 0 Å². The molecule has 20 heavy (non-hydrogen) atoms. The second kappa shape index (κ2) is 6.05. The van der Waals surface area contributed by atoms with Crippen LogP contribution in [0.4, 0.5) is 0 Å². The summed E-state index contributed by atoms with van der Waals surface area (Å²) in [6.45, 7) is 2.09. The van der Waals surface area contributed by atoms with E-state index in [0.29, 0.717) is 6.61 Å². The van der Waals surface area contributed by atoms with E-state index >= 15 is 0 Å². The number of amides is 1. The van der Waals surface area contributed by atoms with Crippen LogP contribution in [0.25, 0.3) is 0 Å². The van der Waals surface area contributed by atoms with Crippen molar-refractivity contribution in [1.82, 2.24) is 4.90 Å². The van der Waals surface area contributed by atoms with E-state index < -0.39 is 12.0 Å². The van der Waals surface area contributed by atoms with Crippen molar-refractivity contribution >= 4 is 11.9 Å². The lowest BCUT2D eigenvalue weighted by atomic mass is 9.95. The fourth-order valence-corrected chi connectivity index (χ4v) is 2.33. The van der Waals surface area contributed by atoms with Crippen LogP contribution in [0.3, 0.4) is 0 Å². The molecule has 0 saturated heterocycles. The molecule has 0 fully saturated rings. The molecule has 1 aromatic rings. The predicted molar refractivity (Wildman–Crippen MR) is 73.3 cm³/mol. The van der Waals surface area contributed by atoms with Gasteiger partial charge in [0.2, 0.25) is 5.91 Å². The first-order valence-corrected chi connectivity index (χ1v) is 6.68. The highest BCUT2D eigenvalue weighted by molar-refractivity contribution is 5.83. The van der Waals surface area contributed by atoms with Gasteiger partial charge in [-0.25, -0.2) is 4.79 Å². The Hall–Kier alpha value is -1.88. The molecule has 5 nitrogen and oxygen atoms in total. The monoisotopic (exact) mass is 277 g/mol. The number of hydrogen-bond acceptors (Lipinski definition) is 3. The van der Waals surface area contributed by atoms with Gasteiger partial charge in [-0.1, -0.05) is 24.3 Å². The Bertz CT molecular complexity index is 514. The van der Waals surface area contributed by atoms with Gasteiger partial charge < -0.3 is 14.7 Å². The third-order valence-corrected chi connectivity index (χ3v) is 3.78. The molecule has 0 radical (unpaired) electrons. The van der Waals surface area contributed by atoms with Crippen molar-refractivity contribution in [3.05, 3.63) is 35.4 Å². The molecule has 1 aromatic carbocycles. The number of carboxylic acid groups (broad SMARTS) is 1. The Morgan fingerprint density at radius 2 is 2.15 bits per heavy atom. The second-order valence-electron chi connectivity index (χ2n) is 5.03. The first kappa shape index (κ1) is 14.5. The van der Waals surface area contributed by atoms with E-state index in [9.17, 15) is 9.59 Å². The van der Waals surface area contributed by atoms with E-state index in [2.05, 4.69) is 0 Å². The Kier molecular flexibility index (Phi) is 4.39. The van der Waals surface area contributed by atoms with Crippen molar-refractivity contribution < 1.29 is 19.4 Å². The van der Waals surface area contributed by atoms with Gasteiger partial charge in [0, 0.05) is 7.05 Å². The summed E-state index contributed by atoms with van der Waals surface area (Å²) in [5, 5.41) is 8.94. The zero-order valence-electron chi connectivity index (χ0n) is 11.7. The van der Waals surface area contributed by atoms with E-state index in [-0.39, 0.29) is 18.4 Å². The minimum absolute atomic E-state index is 0.172. The van der Waals surface area contributed by atoms with Crippen LogP contribution in [0, 0.1) is 0 Å². The van der Waals surface area contributed by atoms with Gasteiger partial charge in [-0.05, 0) is 24.5 Å².